The van der Waals surface area contributed by atoms with Crippen molar-refractivity contribution in [2.75, 3.05) is 0 Å². The van der Waals surface area contributed by atoms with Crippen LogP contribution >= 0.6 is 11.6 Å². The first-order valence-corrected chi connectivity index (χ1v) is 6.65. The summed E-state index contributed by atoms with van der Waals surface area (Å²) in [7, 11) is 0. The largest absolute Gasteiger partial charge is 0.327 e. The summed E-state index contributed by atoms with van der Waals surface area (Å²) in [4.78, 5) is 0. The minimum Gasteiger partial charge on any atom is -0.327 e. The summed E-state index contributed by atoms with van der Waals surface area (Å²) in [6.07, 6.45) is 4.49. The zero-order valence-electron chi connectivity index (χ0n) is 10.1. The molecule has 17 heavy (non-hydrogen) atoms. The van der Waals surface area contributed by atoms with Crippen LogP contribution in [0.2, 0.25) is 5.02 Å². The minimum absolute atomic E-state index is 0.132. The summed E-state index contributed by atoms with van der Waals surface area (Å²) in [5.74, 6) is 0.923. The van der Waals surface area contributed by atoms with Crippen LogP contribution in [0.3, 0.4) is 0 Å². The van der Waals surface area contributed by atoms with Gasteiger partial charge < -0.3 is 5.73 Å². The molecule has 0 amide bonds. The summed E-state index contributed by atoms with van der Waals surface area (Å²) in [6.45, 7) is 2.26. The molecule has 0 radical (unpaired) electrons. The predicted molar refractivity (Wildman–Crippen MR) is 69.6 cm³/mol. The predicted octanol–water partition coefficient (Wildman–Crippen LogP) is 3.79. The Hall–Kier alpha value is -0.600. The van der Waals surface area contributed by atoms with E-state index >= 15 is 0 Å². The molecule has 0 aromatic heterocycles. The number of nitrogens with two attached hydrogens (primary N) is 1. The smallest absolute Gasteiger partial charge is 0.142 e. The van der Waals surface area contributed by atoms with Crippen LogP contribution in [0.5, 0.6) is 0 Å². The van der Waals surface area contributed by atoms with Crippen molar-refractivity contribution >= 4 is 11.6 Å². The lowest BCUT2D eigenvalue weighted by atomic mass is 9.87. The molecular weight excluding hydrogens is 237 g/mol. The summed E-state index contributed by atoms with van der Waals surface area (Å²) in [6, 6.07) is 5.11. The second-order valence-electron chi connectivity index (χ2n) is 5.19. The van der Waals surface area contributed by atoms with Crippen molar-refractivity contribution < 1.29 is 4.39 Å². The van der Waals surface area contributed by atoms with Gasteiger partial charge in [0.2, 0.25) is 0 Å². The van der Waals surface area contributed by atoms with E-state index in [9.17, 15) is 4.39 Å². The fourth-order valence-corrected chi connectivity index (χ4v) is 3.02. The molecule has 0 saturated heterocycles. The van der Waals surface area contributed by atoms with Crippen molar-refractivity contribution in [1.29, 1.82) is 0 Å². The molecule has 0 heterocycles. The molecular formula is C14H19ClFN. The summed E-state index contributed by atoms with van der Waals surface area (Å²) in [5, 5.41) is 0.177. The van der Waals surface area contributed by atoms with Gasteiger partial charge in [-0.25, -0.2) is 4.39 Å². The monoisotopic (exact) mass is 255 g/mol. The number of hydrogen-bond donors (Lipinski definition) is 1. The zero-order valence-corrected chi connectivity index (χ0v) is 10.9. The first-order chi connectivity index (χ1) is 8.08. The molecule has 1 aromatic rings. The van der Waals surface area contributed by atoms with Crippen LogP contribution in [-0.2, 0) is 6.42 Å². The average Bonchev–Trinajstić information content (AvgIpc) is 2.70. The molecule has 1 aromatic carbocycles. The molecule has 1 aliphatic carbocycles. The Kier molecular flexibility index (Phi) is 4.05. The summed E-state index contributed by atoms with van der Waals surface area (Å²) in [5.41, 5.74) is 7.18. The molecule has 94 valence electrons. The lowest BCUT2D eigenvalue weighted by Gasteiger charge is -2.23. The summed E-state index contributed by atoms with van der Waals surface area (Å²) < 4.78 is 13.3. The van der Waals surface area contributed by atoms with Crippen LogP contribution in [0.15, 0.2) is 18.2 Å². The van der Waals surface area contributed by atoms with Gasteiger partial charge in [0.05, 0.1) is 5.02 Å². The van der Waals surface area contributed by atoms with Gasteiger partial charge in [-0.05, 0) is 42.4 Å². The van der Waals surface area contributed by atoms with Gasteiger partial charge in [-0.1, -0.05) is 37.4 Å². The van der Waals surface area contributed by atoms with E-state index in [4.69, 9.17) is 17.3 Å². The lowest BCUT2D eigenvalue weighted by Crippen LogP contribution is -2.33. The summed E-state index contributed by atoms with van der Waals surface area (Å²) >= 11 is 5.66. The van der Waals surface area contributed by atoms with E-state index in [-0.39, 0.29) is 16.9 Å². The first-order valence-electron chi connectivity index (χ1n) is 6.27. The highest BCUT2D eigenvalue weighted by Crippen LogP contribution is 2.34. The Morgan fingerprint density at radius 3 is 2.82 bits per heavy atom. The Morgan fingerprint density at radius 2 is 2.24 bits per heavy atom. The molecule has 2 rings (SSSR count). The van der Waals surface area contributed by atoms with Gasteiger partial charge in [0.1, 0.15) is 5.82 Å². The lowest BCUT2D eigenvalue weighted by molar-refractivity contribution is 0.343. The van der Waals surface area contributed by atoms with Crippen LogP contribution in [0.4, 0.5) is 4.39 Å². The van der Waals surface area contributed by atoms with Gasteiger partial charge in [0.25, 0.3) is 0 Å². The van der Waals surface area contributed by atoms with E-state index in [2.05, 4.69) is 6.92 Å². The Balaban J connectivity index is 2.02. The highest BCUT2D eigenvalue weighted by atomic mass is 35.5. The van der Waals surface area contributed by atoms with Crippen LogP contribution in [0.25, 0.3) is 0 Å². The third-order valence-electron chi connectivity index (χ3n) is 3.93. The van der Waals surface area contributed by atoms with Crippen LogP contribution in [0, 0.1) is 17.7 Å². The number of rotatable bonds is 3. The molecule has 1 aliphatic rings. The number of halogens is 2. The maximum Gasteiger partial charge on any atom is 0.142 e. The van der Waals surface area contributed by atoms with Crippen LogP contribution < -0.4 is 5.73 Å². The second-order valence-corrected chi connectivity index (χ2v) is 5.60. The molecule has 0 spiro atoms. The topological polar surface area (TPSA) is 26.0 Å². The maximum absolute atomic E-state index is 13.3. The SMILES string of the molecule is CC1CCCC1C(N)Cc1ccc(Cl)c(F)c1. The number of benzene rings is 1. The van der Waals surface area contributed by atoms with Crippen LogP contribution in [0.1, 0.15) is 31.7 Å². The third-order valence-corrected chi connectivity index (χ3v) is 4.24. The van der Waals surface area contributed by atoms with Crippen molar-refractivity contribution in [2.24, 2.45) is 17.6 Å². The van der Waals surface area contributed by atoms with E-state index in [0.717, 1.165) is 12.0 Å². The van der Waals surface area contributed by atoms with Gasteiger partial charge in [-0.3, -0.25) is 0 Å². The van der Waals surface area contributed by atoms with Gasteiger partial charge >= 0.3 is 0 Å². The van der Waals surface area contributed by atoms with Gasteiger partial charge in [-0.2, -0.15) is 0 Å². The molecule has 3 heteroatoms. The minimum atomic E-state index is -0.351. The zero-order chi connectivity index (χ0) is 12.4. The first kappa shape index (κ1) is 12.8. The van der Waals surface area contributed by atoms with Crippen molar-refractivity contribution in [3.63, 3.8) is 0 Å². The maximum atomic E-state index is 13.3. The molecule has 3 unspecified atom stereocenters. The Morgan fingerprint density at radius 1 is 1.47 bits per heavy atom. The normalized spacial score (nSPS) is 26.1. The van der Waals surface area contributed by atoms with Gasteiger partial charge in [0, 0.05) is 6.04 Å². The fourth-order valence-electron chi connectivity index (χ4n) is 2.90. The Labute approximate surface area is 107 Å². The van der Waals surface area contributed by atoms with Gasteiger partial charge in [0.15, 0.2) is 0 Å². The quantitative estimate of drug-likeness (QED) is 0.874. The molecule has 1 nitrogen and oxygen atoms in total. The van der Waals surface area contributed by atoms with E-state index in [1.807, 2.05) is 6.07 Å². The Bertz CT molecular complexity index is 394. The molecule has 0 aliphatic heterocycles. The van der Waals surface area contributed by atoms with Crippen molar-refractivity contribution in [2.45, 2.75) is 38.6 Å². The second kappa shape index (κ2) is 5.36. The highest BCUT2D eigenvalue weighted by molar-refractivity contribution is 6.30. The third kappa shape index (κ3) is 2.99. The van der Waals surface area contributed by atoms with Crippen molar-refractivity contribution in [3.8, 4) is 0 Å². The van der Waals surface area contributed by atoms with E-state index in [1.54, 1.807) is 6.07 Å². The van der Waals surface area contributed by atoms with E-state index in [0.29, 0.717) is 11.8 Å². The highest BCUT2D eigenvalue weighted by Gasteiger charge is 2.28. The van der Waals surface area contributed by atoms with E-state index in [1.165, 1.54) is 25.3 Å². The molecule has 0 bridgehead atoms. The molecule has 1 saturated carbocycles. The van der Waals surface area contributed by atoms with Crippen molar-refractivity contribution in [1.82, 2.24) is 0 Å². The fraction of sp³-hybridized carbons (Fsp3) is 0.571. The van der Waals surface area contributed by atoms with Gasteiger partial charge in [-0.15, -0.1) is 0 Å². The van der Waals surface area contributed by atoms with Crippen LogP contribution in [-0.4, -0.2) is 6.04 Å². The molecule has 2 N–H and O–H groups in total. The standard InChI is InChI=1S/C14H19ClFN/c1-9-3-2-4-11(9)14(17)8-10-5-6-12(15)13(16)7-10/h5-7,9,11,14H,2-4,8,17H2,1H3. The average molecular weight is 256 g/mol. The molecule has 3 atom stereocenters. The van der Waals surface area contributed by atoms with E-state index < -0.39 is 0 Å². The van der Waals surface area contributed by atoms with Crippen molar-refractivity contribution in [3.05, 3.63) is 34.6 Å². The number of hydrogen-bond acceptors (Lipinski definition) is 1. The molecule has 1 fully saturated rings.